The molecular formula is C34H40F2N2O5S. The molecule has 0 saturated heterocycles. The Kier molecular flexibility index (Phi) is 12.4. The van der Waals surface area contributed by atoms with Crippen molar-refractivity contribution < 1.29 is 33.0 Å². The van der Waals surface area contributed by atoms with E-state index >= 15 is 0 Å². The fourth-order valence-corrected chi connectivity index (χ4v) is 6.25. The number of carbonyl (C=O) groups excluding carboxylic acids is 1. The average Bonchev–Trinajstić information content (AvgIpc) is 3.48. The molecule has 236 valence electrons. The van der Waals surface area contributed by atoms with Gasteiger partial charge in [-0.25, -0.2) is 18.6 Å². The molecule has 0 bridgehead atoms. The number of carbonyl (C=O) groups is 2. The van der Waals surface area contributed by atoms with Gasteiger partial charge in [0.05, 0.1) is 19.4 Å². The van der Waals surface area contributed by atoms with Crippen LogP contribution in [0.2, 0.25) is 0 Å². The summed E-state index contributed by atoms with van der Waals surface area (Å²) in [4.78, 5) is 28.3. The van der Waals surface area contributed by atoms with Crippen LogP contribution in [-0.4, -0.2) is 35.7 Å². The summed E-state index contributed by atoms with van der Waals surface area (Å²) in [5.41, 5.74) is 1.16. The predicted molar refractivity (Wildman–Crippen MR) is 169 cm³/mol. The summed E-state index contributed by atoms with van der Waals surface area (Å²) in [6.07, 6.45) is 14.0. The van der Waals surface area contributed by atoms with E-state index in [4.69, 9.17) is 14.6 Å². The summed E-state index contributed by atoms with van der Waals surface area (Å²) in [7, 11) is 1.59. The lowest BCUT2D eigenvalue weighted by molar-refractivity contribution is -0.132. The van der Waals surface area contributed by atoms with Crippen LogP contribution in [-0.2, 0) is 16.1 Å². The number of benzene rings is 2. The van der Waals surface area contributed by atoms with Crippen molar-refractivity contribution in [1.82, 2.24) is 4.98 Å². The summed E-state index contributed by atoms with van der Waals surface area (Å²) < 4.78 is 40.7. The van der Waals surface area contributed by atoms with Crippen LogP contribution < -0.4 is 10.1 Å². The van der Waals surface area contributed by atoms with Crippen LogP contribution in [0.25, 0.3) is 17.3 Å². The maximum atomic E-state index is 14.5. The molecule has 7 nitrogen and oxygen atoms in total. The number of nitrogens with zero attached hydrogens (tertiary/aromatic N) is 1. The summed E-state index contributed by atoms with van der Waals surface area (Å²) in [6.45, 7) is 2.31. The number of carboxylic acids is 1. The van der Waals surface area contributed by atoms with Gasteiger partial charge in [-0.15, -0.1) is 11.3 Å². The Morgan fingerprint density at radius 1 is 1.09 bits per heavy atom. The number of hydrogen-bond acceptors (Lipinski definition) is 6. The maximum absolute atomic E-state index is 14.5. The molecular weight excluding hydrogens is 586 g/mol. The molecule has 1 heterocycles. The van der Waals surface area contributed by atoms with E-state index in [9.17, 15) is 18.4 Å². The van der Waals surface area contributed by atoms with Crippen molar-refractivity contribution in [2.75, 3.05) is 19.0 Å². The van der Waals surface area contributed by atoms with Crippen molar-refractivity contribution in [2.45, 2.75) is 77.7 Å². The number of rotatable bonds is 15. The molecule has 2 aromatic carbocycles. The van der Waals surface area contributed by atoms with E-state index in [1.807, 2.05) is 18.2 Å². The molecule has 1 aliphatic rings. The van der Waals surface area contributed by atoms with Crippen molar-refractivity contribution >= 4 is 34.4 Å². The van der Waals surface area contributed by atoms with E-state index in [0.717, 1.165) is 53.0 Å². The molecule has 0 unspecified atom stereocenters. The number of anilines is 1. The summed E-state index contributed by atoms with van der Waals surface area (Å²) in [6, 6.07) is 7.43. The first-order chi connectivity index (χ1) is 21.3. The minimum absolute atomic E-state index is 0.239. The molecule has 10 heteroatoms. The predicted octanol–water partition coefficient (Wildman–Crippen LogP) is 8.88. The molecule has 4 rings (SSSR count). The average molecular weight is 627 g/mol. The fraction of sp³-hybridized carbons (Fsp3) is 0.441. The van der Waals surface area contributed by atoms with Gasteiger partial charge in [0.2, 0.25) is 0 Å². The fourth-order valence-electron chi connectivity index (χ4n) is 5.55. The largest absolute Gasteiger partial charge is 0.496 e. The summed E-state index contributed by atoms with van der Waals surface area (Å²) in [5.74, 6) is -2.57. The third kappa shape index (κ3) is 9.19. The van der Waals surface area contributed by atoms with Gasteiger partial charge >= 0.3 is 5.97 Å². The first kappa shape index (κ1) is 33.3. The highest BCUT2D eigenvalue weighted by Gasteiger charge is 2.18. The van der Waals surface area contributed by atoms with Gasteiger partial charge in [0.1, 0.15) is 17.4 Å². The summed E-state index contributed by atoms with van der Waals surface area (Å²) in [5, 5.41) is 13.6. The minimum atomic E-state index is -1.30. The lowest BCUT2D eigenvalue weighted by Gasteiger charge is -2.21. The number of aliphatic carboxylic acids is 1. The molecule has 1 aromatic heterocycles. The molecule has 0 aliphatic heterocycles. The Morgan fingerprint density at radius 3 is 2.52 bits per heavy atom. The third-order valence-electron chi connectivity index (χ3n) is 7.97. The normalized spacial score (nSPS) is 14.0. The number of unbranched alkanes of at least 4 members (excludes halogenated alkanes) is 3. The van der Waals surface area contributed by atoms with Crippen LogP contribution in [0.5, 0.6) is 5.75 Å². The highest BCUT2D eigenvalue weighted by atomic mass is 32.1. The zero-order valence-corrected chi connectivity index (χ0v) is 26.1. The number of hydrogen-bond donors (Lipinski definition) is 2. The molecule has 1 fully saturated rings. The number of aromatic nitrogens is 1. The zero-order chi connectivity index (χ0) is 31.5. The van der Waals surface area contributed by atoms with Crippen LogP contribution in [0, 0.1) is 17.6 Å². The SMILES string of the molecule is COc1c(COCCCCCCC2CCCCC2)cccc1-c1csc(NC(=O)c2cc(F)c(C=C(C)C(=O)O)c(F)c2)n1. The second-order valence-electron chi connectivity index (χ2n) is 11.2. The Bertz CT molecular complexity index is 1440. The number of thiazole rings is 1. The molecule has 44 heavy (non-hydrogen) atoms. The second kappa shape index (κ2) is 16.4. The van der Waals surface area contributed by atoms with Crippen molar-refractivity contribution in [3.05, 3.63) is 69.6 Å². The lowest BCUT2D eigenvalue weighted by atomic mass is 9.85. The lowest BCUT2D eigenvalue weighted by Crippen LogP contribution is -2.13. The van der Waals surface area contributed by atoms with E-state index in [-0.39, 0.29) is 16.3 Å². The number of methoxy groups -OCH3 is 1. The van der Waals surface area contributed by atoms with E-state index in [0.29, 0.717) is 24.7 Å². The first-order valence-corrected chi connectivity index (χ1v) is 16.1. The van der Waals surface area contributed by atoms with Gasteiger partial charge in [-0.3, -0.25) is 10.1 Å². The van der Waals surface area contributed by atoms with Crippen molar-refractivity contribution in [3.8, 4) is 17.0 Å². The van der Waals surface area contributed by atoms with E-state index in [2.05, 4.69) is 10.3 Å². The van der Waals surface area contributed by atoms with Crippen LogP contribution in [0.1, 0.15) is 92.6 Å². The molecule has 3 aromatic rings. The molecule has 0 atom stereocenters. The number of amides is 1. The monoisotopic (exact) mass is 626 g/mol. The van der Waals surface area contributed by atoms with Crippen molar-refractivity contribution in [2.24, 2.45) is 5.92 Å². The number of carboxylic acid groups (broad SMARTS) is 1. The molecule has 1 saturated carbocycles. The van der Waals surface area contributed by atoms with Crippen LogP contribution in [0.3, 0.4) is 0 Å². The Morgan fingerprint density at radius 2 is 1.82 bits per heavy atom. The van der Waals surface area contributed by atoms with Gasteiger partial charge in [0.15, 0.2) is 5.13 Å². The van der Waals surface area contributed by atoms with Crippen molar-refractivity contribution in [3.63, 3.8) is 0 Å². The first-order valence-electron chi connectivity index (χ1n) is 15.2. The van der Waals surface area contributed by atoms with Gasteiger partial charge in [-0.1, -0.05) is 69.9 Å². The molecule has 2 N–H and O–H groups in total. The Hall–Kier alpha value is -3.63. The van der Waals surface area contributed by atoms with Crippen LogP contribution in [0.15, 0.2) is 41.3 Å². The van der Waals surface area contributed by atoms with Gasteiger partial charge in [-0.2, -0.15) is 0 Å². The van der Waals surface area contributed by atoms with Crippen LogP contribution >= 0.6 is 11.3 Å². The van der Waals surface area contributed by atoms with Crippen LogP contribution in [0.4, 0.5) is 13.9 Å². The highest BCUT2D eigenvalue weighted by Crippen LogP contribution is 2.35. The Labute approximate surface area is 261 Å². The highest BCUT2D eigenvalue weighted by molar-refractivity contribution is 7.14. The van der Waals surface area contributed by atoms with Gasteiger partial charge in [0.25, 0.3) is 5.91 Å². The maximum Gasteiger partial charge on any atom is 0.331 e. The van der Waals surface area contributed by atoms with E-state index < -0.39 is 29.1 Å². The van der Waals surface area contributed by atoms with E-state index in [1.165, 1.54) is 64.7 Å². The van der Waals surface area contributed by atoms with E-state index in [1.54, 1.807) is 12.5 Å². The quantitative estimate of drug-likeness (QED) is 0.129. The number of ether oxygens (including phenoxy) is 2. The topological polar surface area (TPSA) is 97.8 Å². The smallest absolute Gasteiger partial charge is 0.331 e. The Balaban J connectivity index is 1.31. The number of nitrogens with one attached hydrogen (secondary N) is 1. The van der Waals surface area contributed by atoms with Gasteiger partial charge in [-0.05, 0) is 43.5 Å². The molecule has 0 radical (unpaired) electrons. The summed E-state index contributed by atoms with van der Waals surface area (Å²) >= 11 is 1.16. The second-order valence-corrected chi connectivity index (χ2v) is 12.1. The molecule has 1 aliphatic carbocycles. The molecule has 1 amide bonds. The van der Waals surface area contributed by atoms with Crippen molar-refractivity contribution in [1.29, 1.82) is 0 Å². The zero-order valence-electron chi connectivity index (χ0n) is 25.3. The standard InChI is InChI=1S/C34H40F2N2O5S/c1-22(33(40)41)17-27-28(35)18-25(19-29(27)36)32(39)38-34-37-30(21-44-34)26-15-10-14-24(31(26)42-2)20-43-16-9-4-3-6-11-23-12-7-5-8-13-23/h10,14-15,17-19,21,23H,3-9,11-13,16,20H2,1-2H3,(H,40,41)(H,37,38,39). The van der Waals surface area contributed by atoms with Gasteiger partial charge < -0.3 is 14.6 Å². The molecule has 0 spiro atoms. The minimum Gasteiger partial charge on any atom is -0.496 e. The van der Waals surface area contributed by atoms with Gasteiger partial charge in [0, 0.05) is 39.8 Å². The third-order valence-corrected chi connectivity index (χ3v) is 8.73. The number of para-hydroxylation sites is 1. The number of halogens is 2.